The zero-order valence-electron chi connectivity index (χ0n) is 10.5. The maximum atomic E-state index is 10.9. The van der Waals surface area contributed by atoms with Crippen molar-refractivity contribution in [1.29, 1.82) is 0 Å². The summed E-state index contributed by atoms with van der Waals surface area (Å²) in [7, 11) is 1.43. The van der Waals surface area contributed by atoms with E-state index in [2.05, 4.69) is 15.8 Å². The molecule has 0 aliphatic carbocycles. The Morgan fingerprint density at radius 2 is 2.11 bits per heavy atom. The lowest BCUT2D eigenvalue weighted by molar-refractivity contribution is -0.140. The van der Waals surface area contributed by atoms with Gasteiger partial charge in [-0.15, -0.1) is 11.3 Å². The Bertz CT molecular complexity index is 488. The van der Waals surface area contributed by atoms with Crippen LogP contribution >= 0.6 is 11.3 Å². The zero-order valence-corrected chi connectivity index (χ0v) is 11.3. The number of aryl methyl sites for hydroxylation is 1. The number of hydrogen-bond acceptors (Lipinski definition) is 4. The predicted octanol–water partition coefficient (Wildman–Crippen LogP) is 3.57. The molecular weight excluding hydrogens is 246 g/mol. The molecule has 4 heteroatoms. The van der Waals surface area contributed by atoms with Gasteiger partial charge in [-0.25, -0.2) is 4.98 Å². The van der Waals surface area contributed by atoms with Crippen molar-refractivity contribution in [3.63, 3.8) is 0 Å². The van der Waals surface area contributed by atoms with Crippen LogP contribution in [-0.4, -0.2) is 18.1 Å². The third kappa shape index (κ3) is 3.53. The van der Waals surface area contributed by atoms with Crippen LogP contribution in [0.25, 0.3) is 10.2 Å². The number of carbonyl (C=O) groups is 1. The summed E-state index contributed by atoms with van der Waals surface area (Å²) in [5.74, 6) is -0.116. The highest BCUT2D eigenvalue weighted by Crippen LogP contribution is 2.22. The Hall–Kier alpha value is -1.42. The van der Waals surface area contributed by atoms with Gasteiger partial charge in [0.2, 0.25) is 0 Å². The Balaban J connectivity index is 1.75. The number of unbranched alkanes of at least 4 members (excludes halogenated alkanes) is 2. The van der Waals surface area contributed by atoms with Crippen LogP contribution in [0.2, 0.25) is 0 Å². The highest BCUT2D eigenvalue weighted by Gasteiger charge is 2.03. The van der Waals surface area contributed by atoms with Gasteiger partial charge in [-0.1, -0.05) is 18.6 Å². The number of nitrogens with zero attached hydrogens (tertiary/aromatic N) is 1. The molecule has 0 aliphatic rings. The zero-order chi connectivity index (χ0) is 12.8. The molecular formula is C14H17NO2S. The van der Waals surface area contributed by atoms with Crippen LogP contribution in [0, 0.1) is 0 Å². The third-order valence-corrected chi connectivity index (χ3v) is 3.93. The van der Waals surface area contributed by atoms with Gasteiger partial charge in [-0.3, -0.25) is 4.79 Å². The molecule has 0 fully saturated rings. The first-order valence-corrected chi connectivity index (χ1v) is 7.02. The molecule has 0 unspecified atom stereocenters. The van der Waals surface area contributed by atoms with Gasteiger partial charge in [-0.2, -0.15) is 0 Å². The fraction of sp³-hybridized carbons (Fsp3) is 0.429. The Morgan fingerprint density at radius 1 is 1.28 bits per heavy atom. The Morgan fingerprint density at radius 3 is 2.89 bits per heavy atom. The number of methoxy groups -OCH3 is 1. The summed E-state index contributed by atoms with van der Waals surface area (Å²) in [4.78, 5) is 15.5. The van der Waals surface area contributed by atoms with Gasteiger partial charge < -0.3 is 4.74 Å². The van der Waals surface area contributed by atoms with Gasteiger partial charge in [0.1, 0.15) is 0 Å². The van der Waals surface area contributed by atoms with E-state index in [1.54, 1.807) is 11.3 Å². The maximum Gasteiger partial charge on any atom is 0.305 e. The number of benzene rings is 1. The number of rotatable bonds is 6. The largest absolute Gasteiger partial charge is 0.469 e. The van der Waals surface area contributed by atoms with Crippen molar-refractivity contribution in [3.05, 3.63) is 29.3 Å². The minimum Gasteiger partial charge on any atom is -0.469 e. The van der Waals surface area contributed by atoms with E-state index in [0.717, 1.165) is 31.2 Å². The van der Waals surface area contributed by atoms with Crippen LogP contribution < -0.4 is 0 Å². The van der Waals surface area contributed by atoms with E-state index in [1.165, 1.54) is 16.8 Å². The Kier molecular flexibility index (Phi) is 4.70. The lowest BCUT2D eigenvalue weighted by atomic mass is 10.1. The average molecular weight is 263 g/mol. The van der Waals surface area contributed by atoms with Gasteiger partial charge in [0.15, 0.2) is 0 Å². The first-order valence-electron chi connectivity index (χ1n) is 6.21. The van der Waals surface area contributed by atoms with Crippen molar-refractivity contribution >= 4 is 27.5 Å². The van der Waals surface area contributed by atoms with Crippen LogP contribution in [0.4, 0.5) is 0 Å². The molecule has 0 atom stereocenters. The lowest BCUT2D eigenvalue weighted by Crippen LogP contribution is -1.99. The van der Waals surface area contributed by atoms with E-state index < -0.39 is 0 Å². The molecule has 96 valence electrons. The molecule has 18 heavy (non-hydrogen) atoms. The summed E-state index contributed by atoms with van der Waals surface area (Å²) in [5, 5.41) is 1.19. The van der Waals surface area contributed by atoms with Gasteiger partial charge in [0.25, 0.3) is 0 Å². The molecule has 0 saturated heterocycles. The van der Waals surface area contributed by atoms with E-state index >= 15 is 0 Å². The lowest BCUT2D eigenvalue weighted by Gasteiger charge is -1.98. The maximum absolute atomic E-state index is 10.9. The number of ether oxygens (including phenoxy) is 1. The van der Waals surface area contributed by atoms with Crippen LogP contribution in [-0.2, 0) is 16.0 Å². The molecule has 0 saturated carbocycles. The number of aromatic nitrogens is 1. The smallest absolute Gasteiger partial charge is 0.305 e. The minimum atomic E-state index is -0.116. The molecule has 1 aromatic heterocycles. The highest BCUT2D eigenvalue weighted by atomic mass is 32.1. The summed E-state index contributed by atoms with van der Waals surface area (Å²) >= 11 is 1.76. The number of hydrogen-bond donors (Lipinski definition) is 0. The van der Waals surface area contributed by atoms with E-state index in [9.17, 15) is 4.79 Å². The van der Waals surface area contributed by atoms with E-state index in [1.807, 2.05) is 18.2 Å². The van der Waals surface area contributed by atoms with Crippen LogP contribution in [0.15, 0.2) is 24.3 Å². The van der Waals surface area contributed by atoms with Crippen LogP contribution in [0.1, 0.15) is 30.7 Å². The van der Waals surface area contributed by atoms with E-state index in [0.29, 0.717) is 6.42 Å². The molecule has 0 bridgehead atoms. The predicted molar refractivity (Wildman–Crippen MR) is 73.8 cm³/mol. The number of carbonyl (C=O) groups excluding carboxylic acids is 1. The second-order valence-corrected chi connectivity index (χ2v) is 5.33. The van der Waals surface area contributed by atoms with Crippen LogP contribution in [0.5, 0.6) is 0 Å². The molecule has 2 aromatic rings. The fourth-order valence-corrected chi connectivity index (χ4v) is 2.86. The van der Waals surface area contributed by atoms with Crippen molar-refractivity contribution < 1.29 is 9.53 Å². The number of para-hydroxylation sites is 1. The summed E-state index contributed by atoms with van der Waals surface area (Å²) in [6.07, 6.45) is 4.55. The van der Waals surface area contributed by atoms with Gasteiger partial charge in [-0.05, 0) is 31.4 Å². The quantitative estimate of drug-likeness (QED) is 0.591. The van der Waals surface area contributed by atoms with E-state index in [4.69, 9.17) is 0 Å². The molecule has 0 radical (unpaired) electrons. The molecule has 1 heterocycles. The van der Waals surface area contributed by atoms with Crippen molar-refractivity contribution in [2.45, 2.75) is 32.1 Å². The fourth-order valence-electron chi connectivity index (χ4n) is 1.85. The summed E-state index contributed by atoms with van der Waals surface area (Å²) in [6.45, 7) is 0. The molecule has 0 amide bonds. The second-order valence-electron chi connectivity index (χ2n) is 4.21. The second kappa shape index (κ2) is 6.50. The van der Waals surface area contributed by atoms with Gasteiger partial charge in [0, 0.05) is 6.42 Å². The first kappa shape index (κ1) is 13.0. The standard InChI is InChI=1S/C14H17NO2S/c1-17-14(16)10-4-2-3-9-13-15-11-7-5-6-8-12(11)18-13/h5-8H,2-4,9-10H2,1H3. The molecule has 2 rings (SSSR count). The van der Waals surface area contributed by atoms with Crippen molar-refractivity contribution in [3.8, 4) is 0 Å². The van der Waals surface area contributed by atoms with E-state index in [-0.39, 0.29) is 5.97 Å². The van der Waals surface area contributed by atoms with Crippen LogP contribution in [0.3, 0.4) is 0 Å². The molecule has 0 N–H and O–H groups in total. The van der Waals surface area contributed by atoms with Gasteiger partial charge >= 0.3 is 5.97 Å². The molecule has 0 spiro atoms. The summed E-state index contributed by atoms with van der Waals surface area (Å²) in [6, 6.07) is 8.21. The highest BCUT2D eigenvalue weighted by molar-refractivity contribution is 7.18. The minimum absolute atomic E-state index is 0.116. The summed E-state index contributed by atoms with van der Waals surface area (Å²) in [5.41, 5.74) is 1.09. The monoisotopic (exact) mass is 263 g/mol. The first-order chi connectivity index (χ1) is 8.79. The number of fused-ring (bicyclic) bond motifs is 1. The van der Waals surface area contributed by atoms with Crippen molar-refractivity contribution in [2.75, 3.05) is 7.11 Å². The number of esters is 1. The average Bonchev–Trinajstić information content (AvgIpc) is 2.80. The summed E-state index contributed by atoms with van der Waals surface area (Å²) < 4.78 is 5.86. The normalized spacial score (nSPS) is 10.7. The number of thiazole rings is 1. The Labute approximate surface area is 111 Å². The molecule has 1 aromatic carbocycles. The SMILES string of the molecule is COC(=O)CCCCCc1nc2ccccc2s1. The third-order valence-electron chi connectivity index (χ3n) is 2.84. The topological polar surface area (TPSA) is 39.2 Å². The van der Waals surface area contributed by atoms with Crippen molar-refractivity contribution in [2.24, 2.45) is 0 Å². The molecule has 3 nitrogen and oxygen atoms in total. The van der Waals surface area contributed by atoms with Gasteiger partial charge in [0.05, 0.1) is 22.3 Å². The van der Waals surface area contributed by atoms with Crippen molar-refractivity contribution in [1.82, 2.24) is 4.98 Å². The molecule has 0 aliphatic heterocycles.